The molecule has 1 aliphatic heterocycles. The number of piperazine rings is 1. The zero-order chi connectivity index (χ0) is 12.4. The lowest BCUT2D eigenvalue weighted by atomic mass is 9.79. The molecule has 0 unspecified atom stereocenters. The number of nitrogens with zero attached hydrogens (tertiary/aromatic N) is 2. The van der Waals surface area contributed by atoms with Crippen molar-refractivity contribution in [2.75, 3.05) is 24.5 Å². The van der Waals surface area contributed by atoms with Crippen LogP contribution in [0.15, 0.2) is 18.5 Å². The summed E-state index contributed by atoms with van der Waals surface area (Å²) in [4.78, 5) is 6.63. The summed E-state index contributed by atoms with van der Waals surface area (Å²) >= 11 is 6.34. The summed E-state index contributed by atoms with van der Waals surface area (Å²) in [5.74, 6) is 0. The van der Waals surface area contributed by atoms with Crippen LogP contribution in [-0.2, 0) is 0 Å². The van der Waals surface area contributed by atoms with E-state index in [0.717, 1.165) is 30.3 Å². The molecule has 2 heterocycles. The maximum absolute atomic E-state index is 6.34. The maximum Gasteiger partial charge on any atom is 0.0822 e. The molecule has 0 amide bonds. The zero-order valence-electron chi connectivity index (χ0n) is 10.7. The SMILES string of the molecule is Clc1cnccc1N1CCNCC12CCCCC2. The Balaban J connectivity index is 1.94. The van der Waals surface area contributed by atoms with Crippen LogP contribution in [0.3, 0.4) is 0 Å². The van der Waals surface area contributed by atoms with E-state index in [2.05, 4.69) is 21.3 Å². The highest BCUT2D eigenvalue weighted by Gasteiger charge is 2.40. The molecule has 0 radical (unpaired) electrons. The van der Waals surface area contributed by atoms with E-state index in [0.29, 0.717) is 0 Å². The van der Waals surface area contributed by atoms with Crippen LogP contribution >= 0.6 is 11.6 Å². The van der Waals surface area contributed by atoms with Crippen molar-refractivity contribution in [3.05, 3.63) is 23.5 Å². The van der Waals surface area contributed by atoms with Crippen molar-refractivity contribution in [3.63, 3.8) is 0 Å². The monoisotopic (exact) mass is 265 g/mol. The van der Waals surface area contributed by atoms with E-state index >= 15 is 0 Å². The average molecular weight is 266 g/mol. The topological polar surface area (TPSA) is 28.2 Å². The first kappa shape index (κ1) is 12.2. The standard InChI is InChI=1S/C14H20ClN3/c15-12-10-16-7-4-13(12)18-9-8-17-11-14(18)5-2-1-3-6-14/h4,7,10,17H,1-3,5-6,8-9,11H2. The second-order valence-electron chi connectivity index (χ2n) is 5.44. The van der Waals surface area contributed by atoms with Crippen LogP contribution in [0.1, 0.15) is 32.1 Å². The summed E-state index contributed by atoms with van der Waals surface area (Å²) in [6.07, 6.45) is 10.2. The Labute approximate surface area is 114 Å². The van der Waals surface area contributed by atoms with Gasteiger partial charge < -0.3 is 10.2 Å². The van der Waals surface area contributed by atoms with E-state index in [4.69, 9.17) is 11.6 Å². The molecule has 4 heteroatoms. The largest absolute Gasteiger partial charge is 0.362 e. The quantitative estimate of drug-likeness (QED) is 0.846. The second kappa shape index (κ2) is 5.06. The normalized spacial score (nSPS) is 23.3. The highest BCUT2D eigenvalue weighted by Crippen LogP contribution is 2.39. The number of pyridine rings is 1. The molecule has 1 aromatic rings. The van der Waals surface area contributed by atoms with Gasteiger partial charge in [-0.25, -0.2) is 0 Å². The van der Waals surface area contributed by atoms with E-state index in [1.807, 2.05) is 6.20 Å². The van der Waals surface area contributed by atoms with Crippen LogP contribution in [0.25, 0.3) is 0 Å². The summed E-state index contributed by atoms with van der Waals surface area (Å²) in [6.45, 7) is 3.18. The summed E-state index contributed by atoms with van der Waals surface area (Å²) in [7, 11) is 0. The van der Waals surface area contributed by atoms with E-state index in [-0.39, 0.29) is 5.54 Å². The van der Waals surface area contributed by atoms with E-state index in [1.165, 1.54) is 32.1 Å². The van der Waals surface area contributed by atoms with Gasteiger partial charge in [0.1, 0.15) is 0 Å². The number of anilines is 1. The molecule has 0 bridgehead atoms. The summed E-state index contributed by atoms with van der Waals surface area (Å²) in [5.41, 5.74) is 1.44. The van der Waals surface area contributed by atoms with Crippen molar-refractivity contribution in [1.29, 1.82) is 0 Å². The van der Waals surface area contributed by atoms with Gasteiger partial charge in [-0.15, -0.1) is 0 Å². The number of nitrogens with one attached hydrogen (secondary N) is 1. The summed E-state index contributed by atoms with van der Waals surface area (Å²) in [5, 5.41) is 4.35. The van der Waals surface area contributed by atoms with Crippen LogP contribution in [-0.4, -0.2) is 30.2 Å². The second-order valence-corrected chi connectivity index (χ2v) is 5.85. The Kier molecular flexibility index (Phi) is 3.44. The van der Waals surface area contributed by atoms with Gasteiger partial charge in [0.15, 0.2) is 0 Å². The first-order valence-electron chi connectivity index (χ1n) is 6.90. The lowest BCUT2D eigenvalue weighted by Crippen LogP contribution is -2.62. The number of halogens is 1. The predicted octanol–water partition coefficient (Wildman–Crippen LogP) is 2.85. The fourth-order valence-electron chi connectivity index (χ4n) is 3.46. The highest BCUT2D eigenvalue weighted by molar-refractivity contribution is 6.33. The molecule has 1 saturated heterocycles. The Bertz CT molecular complexity index is 407. The minimum absolute atomic E-state index is 0.279. The third-order valence-corrected chi connectivity index (χ3v) is 4.66. The van der Waals surface area contributed by atoms with Gasteiger partial charge in [0.05, 0.1) is 16.2 Å². The molecular weight excluding hydrogens is 246 g/mol. The van der Waals surface area contributed by atoms with Gasteiger partial charge in [0.2, 0.25) is 0 Å². The third kappa shape index (κ3) is 2.10. The molecule has 3 nitrogen and oxygen atoms in total. The maximum atomic E-state index is 6.34. The molecule has 98 valence electrons. The van der Waals surface area contributed by atoms with Gasteiger partial charge in [-0.3, -0.25) is 4.98 Å². The van der Waals surface area contributed by atoms with Crippen LogP contribution in [0.4, 0.5) is 5.69 Å². The molecule has 0 aromatic carbocycles. The van der Waals surface area contributed by atoms with Crippen LogP contribution in [0.5, 0.6) is 0 Å². The third-order valence-electron chi connectivity index (χ3n) is 4.36. The molecule has 1 aliphatic carbocycles. The number of rotatable bonds is 1. The van der Waals surface area contributed by atoms with Crippen molar-refractivity contribution in [2.45, 2.75) is 37.6 Å². The average Bonchev–Trinajstić information content (AvgIpc) is 2.41. The van der Waals surface area contributed by atoms with Gasteiger partial charge in [-0.1, -0.05) is 30.9 Å². The van der Waals surface area contributed by atoms with Gasteiger partial charge in [-0.05, 0) is 18.9 Å². The number of hydrogen-bond acceptors (Lipinski definition) is 3. The van der Waals surface area contributed by atoms with Gasteiger partial charge in [0, 0.05) is 32.0 Å². The van der Waals surface area contributed by atoms with Crippen molar-refractivity contribution >= 4 is 17.3 Å². The molecule has 3 rings (SSSR count). The van der Waals surface area contributed by atoms with Crippen LogP contribution < -0.4 is 10.2 Å². The molecule has 1 spiro atoms. The Morgan fingerprint density at radius 2 is 2.11 bits per heavy atom. The minimum Gasteiger partial charge on any atom is -0.362 e. The smallest absolute Gasteiger partial charge is 0.0822 e. The first-order chi connectivity index (χ1) is 8.82. The van der Waals surface area contributed by atoms with Crippen LogP contribution in [0.2, 0.25) is 5.02 Å². The van der Waals surface area contributed by atoms with Crippen molar-refractivity contribution < 1.29 is 0 Å². The number of hydrogen-bond donors (Lipinski definition) is 1. The molecule has 1 saturated carbocycles. The zero-order valence-corrected chi connectivity index (χ0v) is 11.4. The molecule has 1 aromatic heterocycles. The van der Waals surface area contributed by atoms with Crippen molar-refractivity contribution in [3.8, 4) is 0 Å². The molecule has 2 fully saturated rings. The molecule has 0 atom stereocenters. The van der Waals surface area contributed by atoms with E-state index in [9.17, 15) is 0 Å². The van der Waals surface area contributed by atoms with Gasteiger partial charge in [-0.2, -0.15) is 0 Å². The fourth-order valence-corrected chi connectivity index (χ4v) is 3.69. The predicted molar refractivity (Wildman–Crippen MR) is 75.3 cm³/mol. The van der Waals surface area contributed by atoms with E-state index in [1.54, 1.807) is 6.20 Å². The van der Waals surface area contributed by atoms with Gasteiger partial charge >= 0.3 is 0 Å². The Hall–Kier alpha value is -0.800. The summed E-state index contributed by atoms with van der Waals surface area (Å²) < 4.78 is 0. The minimum atomic E-state index is 0.279. The van der Waals surface area contributed by atoms with Crippen molar-refractivity contribution in [1.82, 2.24) is 10.3 Å². The summed E-state index contributed by atoms with van der Waals surface area (Å²) in [6, 6.07) is 2.06. The molecule has 1 N–H and O–H groups in total. The van der Waals surface area contributed by atoms with Crippen molar-refractivity contribution in [2.24, 2.45) is 0 Å². The van der Waals surface area contributed by atoms with E-state index < -0.39 is 0 Å². The Morgan fingerprint density at radius 3 is 2.89 bits per heavy atom. The lowest BCUT2D eigenvalue weighted by Gasteiger charge is -2.51. The highest BCUT2D eigenvalue weighted by atomic mass is 35.5. The number of aromatic nitrogens is 1. The fraction of sp³-hybridized carbons (Fsp3) is 0.643. The van der Waals surface area contributed by atoms with Crippen LogP contribution in [0, 0.1) is 0 Å². The first-order valence-corrected chi connectivity index (χ1v) is 7.28. The van der Waals surface area contributed by atoms with Gasteiger partial charge in [0.25, 0.3) is 0 Å². The molecule has 18 heavy (non-hydrogen) atoms. The Morgan fingerprint density at radius 1 is 1.28 bits per heavy atom. The molecule has 2 aliphatic rings. The molecular formula is C14H20ClN3. The lowest BCUT2D eigenvalue weighted by molar-refractivity contribution is 0.241.